The van der Waals surface area contributed by atoms with Gasteiger partial charge in [0.15, 0.2) is 0 Å². The number of aliphatic hydroxyl groups excluding tert-OH is 1. The minimum atomic E-state index is -0.829. The number of rotatable bonds is 10. The maximum Gasteiger partial charge on any atom is 0.251 e. The van der Waals surface area contributed by atoms with Crippen molar-refractivity contribution in [1.82, 2.24) is 10.6 Å². The van der Waals surface area contributed by atoms with Gasteiger partial charge in [0, 0.05) is 23.7 Å². The van der Waals surface area contributed by atoms with Gasteiger partial charge >= 0.3 is 0 Å². The maximum absolute atomic E-state index is 12.9. The van der Waals surface area contributed by atoms with E-state index in [1.807, 2.05) is 50.2 Å². The summed E-state index contributed by atoms with van der Waals surface area (Å²) in [4.78, 5) is 23.7. The number of aromatic hydroxyl groups is 1. The zero-order valence-corrected chi connectivity index (χ0v) is 20.6. The van der Waals surface area contributed by atoms with Crippen molar-refractivity contribution in [3.63, 3.8) is 0 Å². The number of aliphatic hydroxyl groups is 1. The lowest BCUT2D eigenvalue weighted by atomic mass is 9.93. The third-order valence-corrected chi connectivity index (χ3v) is 6.62. The Bertz CT molecular complexity index is 1220. The summed E-state index contributed by atoms with van der Waals surface area (Å²) in [6.45, 7) is 4.36. The summed E-state index contributed by atoms with van der Waals surface area (Å²) < 4.78 is 0. The van der Waals surface area contributed by atoms with Crippen LogP contribution in [-0.4, -0.2) is 40.7 Å². The van der Waals surface area contributed by atoms with Crippen molar-refractivity contribution in [2.45, 2.75) is 50.8 Å². The van der Waals surface area contributed by atoms with Gasteiger partial charge in [-0.25, -0.2) is 0 Å². The van der Waals surface area contributed by atoms with E-state index in [1.54, 1.807) is 12.1 Å². The molecule has 0 fully saturated rings. The molecule has 1 atom stereocenters. The van der Waals surface area contributed by atoms with Gasteiger partial charge in [-0.2, -0.15) is 0 Å². The quantitative estimate of drug-likeness (QED) is 0.222. The van der Waals surface area contributed by atoms with Gasteiger partial charge in [0.25, 0.3) is 5.91 Å². The van der Waals surface area contributed by atoms with Crippen LogP contribution in [0.2, 0.25) is 0 Å². The Labute approximate surface area is 211 Å². The Morgan fingerprint density at radius 2 is 1.78 bits per heavy atom. The molecule has 36 heavy (non-hydrogen) atoms. The molecule has 3 aromatic carbocycles. The number of amides is 2. The fraction of sp³-hybridized carbons (Fsp3) is 0.310. The number of anilines is 1. The largest absolute Gasteiger partial charge is 0.506 e. The van der Waals surface area contributed by atoms with Gasteiger partial charge in [0.1, 0.15) is 5.75 Å². The Morgan fingerprint density at radius 1 is 1.06 bits per heavy atom. The van der Waals surface area contributed by atoms with Crippen LogP contribution in [0.15, 0.2) is 66.7 Å². The Balaban J connectivity index is 1.33. The fourth-order valence-corrected chi connectivity index (χ4v) is 4.76. The van der Waals surface area contributed by atoms with Crippen LogP contribution >= 0.6 is 0 Å². The number of phenolic OH excluding ortho intramolecular Hbond substituents is 1. The molecule has 0 aliphatic heterocycles. The first-order chi connectivity index (χ1) is 17.2. The molecule has 0 spiro atoms. The molecule has 0 bridgehead atoms. The molecule has 0 heterocycles. The predicted molar refractivity (Wildman–Crippen MR) is 140 cm³/mol. The second-order valence-electron chi connectivity index (χ2n) is 10.0. The van der Waals surface area contributed by atoms with Gasteiger partial charge in [-0.1, -0.05) is 42.5 Å². The summed E-state index contributed by atoms with van der Waals surface area (Å²) in [6, 6.07) is 20.7. The molecule has 7 heteroatoms. The lowest BCUT2D eigenvalue weighted by molar-refractivity contribution is -0.105. The average molecular weight is 488 g/mol. The third-order valence-electron chi connectivity index (χ3n) is 6.62. The Kier molecular flexibility index (Phi) is 7.72. The van der Waals surface area contributed by atoms with E-state index in [-0.39, 0.29) is 35.5 Å². The second kappa shape index (κ2) is 10.9. The van der Waals surface area contributed by atoms with E-state index in [0.29, 0.717) is 24.0 Å². The van der Waals surface area contributed by atoms with E-state index in [1.165, 1.54) is 17.2 Å². The third kappa shape index (κ3) is 6.30. The first kappa shape index (κ1) is 25.4. The summed E-state index contributed by atoms with van der Waals surface area (Å²) in [5, 5.41) is 29.4. The van der Waals surface area contributed by atoms with Crippen LogP contribution in [0, 0.1) is 0 Å². The van der Waals surface area contributed by atoms with E-state index in [0.717, 1.165) is 18.4 Å². The molecule has 0 saturated heterocycles. The van der Waals surface area contributed by atoms with Gasteiger partial charge in [-0.3, -0.25) is 9.59 Å². The molecule has 0 unspecified atom stereocenters. The highest BCUT2D eigenvalue weighted by atomic mass is 16.3. The molecule has 0 radical (unpaired) electrons. The standard InChI is InChI=1S/C29H33N3O4/c1-29(2,31-17-27(35)22-10-11-26(34)25(15-22)30-18-33)16-19-6-5-9-23(12-19)28(36)32-24-13-20-7-3-4-8-21(20)14-24/h3-12,15,18,24,27,31,34-35H,13-14,16-17H2,1-2H3,(H,30,33)(H,32,36)/t27-/m0/s1. The molecule has 1 aliphatic rings. The number of hydrogen-bond donors (Lipinski definition) is 5. The second-order valence-corrected chi connectivity index (χ2v) is 10.0. The number of carbonyl (C=O) groups excluding carboxylic acids is 2. The average Bonchev–Trinajstić information content (AvgIpc) is 3.26. The summed E-state index contributed by atoms with van der Waals surface area (Å²) >= 11 is 0. The van der Waals surface area contributed by atoms with Gasteiger partial charge in [-0.05, 0) is 79.6 Å². The van der Waals surface area contributed by atoms with Crippen LogP contribution < -0.4 is 16.0 Å². The number of hydrogen-bond acceptors (Lipinski definition) is 5. The lowest BCUT2D eigenvalue weighted by Gasteiger charge is -2.28. The van der Waals surface area contributed by atoms with Crippen molar-refractivity contribution in [3.05, 3.63) is 94.5 Å². The molecule has 7 nitrogen and oxygen atoms in total. The molecular formula is C29H33N3O4. The van der Waals surface area contributed by atoms with Crippen molar-refractivity contribution in [2.75, 3.05) is 11.9 Å². The highest BCUT2D eigenvalue weighted by molar-refractivity contribution is 5.94. The van der Waals surface area contributed by atoms with E-state index >= 15 is 0 Å². The normalized spacial score (nSPS) is 14.2. The SMILES string of the molecule is CC(C)(Cc1cccc(C(=O)NC2Cc3ccccc3C2)c1)NC[C@H](O)c1ccc(O)c(NC=O)c1. The topological polar surface area (TPSA) is 111 Å². The van der Waals surface area contributed by atoms with Crippen LogP contribution in [-0.2, 0) is 24.1 Å². The molecule has 3 aromatic rings. The van der Waals surface area contributed by atoms with Crippen molar-refractivity contribution >= 4 is 18.0 Å². The number of fused-ring (bicyclic) bond motifs is 1. The fourth-order valence-electron chi connectivity index (χ4n) is 4.76. The number of β-amino-alcohol motifs (C(OH)–C–C–N with tert-alkyl or cyclic N) is 1. The van der Waals surface area contributed by atoms with E-state index in [4.69, 9.17) is 0 Å². The van der Waals surface area contributed by atoms with Gasteiger partial charge < -0.3 is 26.2 Å². The predicted octanol–water partition coefficient (Wildman–Crippen LogP) is 3.50. The van der Waals surface area contributed by atoms with E-state index in [9.17, 15) is 19.8 Å². The zero-order valence-electron chi connectivity index (χ0n) is 20.6. The van der Waals surface area contributed by atoms with Crippen molar-refractivity contribution in [1.29, 1.82) is 0 Å². The molecule has 0 saturated carbocycles. The van der Waals surface area contributed by atoms with Crippen molar-refractivity contribution < 1.29 is 19.8 Å². The smallest absolute Gasteiger partial charge is 0.251 e. The maximum atomic E-state index is 12.9. The monoisotopic (exact) mass is 487 g/mol. The Morgan fingerprint density at radius 3 is 2.47 bits per heavy atom. The first-order valence-electron chi connectivity index (χ1n) is 12.2. The van der Waals surface area contributed by atoms with Crippen LogP contribution in [0.4, 0.5) is 5.69 Å². The molecular weight excluding hydrogens is 454 g/mol. The van der Waals surface area contributed by atoms with Crippen LogP contribution in [0.25, 0.3) is 0 Å². The highest BCUT2D eigenvalue weighted by Gasteiger charge is 2.24. The van der Waals surface area contributed by atoms with Crippen LogP contribution in [0.3, 0.4) is 0 Å². The van der Waals surface area contributed by atoms with Gasteiger partial charge in [0.2, 0.25) is 6.41 Å². The number of nitrogens with one attached hydrogen (secondary N) is 3. The van der Waals surface area contributed by atoms with Gasteiger partial charge in [-0.15, -0.1) is 0 Å². The minimum Gasteiger partial charge on any atom is -0.506 e. The summed E-state index contributed by atoms with van der Waals surface area (Å²) in [5.41, 5.74) is 4.73. The van der Waals surface area contributed by atoms with Gasteiger partial charge in [0.05, 0.1) is 11.8 Å². The lowest BCUT2D eigenvalue weighted by Crippen LogP contribution is -2.43. The minimum absolute atomic E-state index is 0.0623. The van der Waals surface area contributed by atoms with Crippen LogP contribution in [0.1, 0.15) is 52.6 Å². The highest BCUT2D eigenvalue weighted by Crippen LogP contribution is 2.27. The molecule has 1 aliphatic carbocycles. The first-order valence-corrected chi connectivity index (χ1v) is 12.2. The molecule has 188 valence electrons. The zero-order chi connectivity index (χ0) is 25.7. The Hall–Kier alpha value is -3.68. The van der Waals surface area contributed by atoms with Crippen molar-refractivity contribution in [2.24, 2.45) is 0 Å². The van der Waals surface area contributed by atoms with Crippen LogP contribution in [0.5, 0.6) is 5.75 Å². The van der Waals surface area contributed by atoms with E-state index in [2.05, 4.69) is 28.1 Å². The summed E-state index contributed by atoms with van der Waals surface area (Å²) in [7, 11) is 0. The van der Waals surface area contributed by atoms with Crippen molar-refractivity contribution in [3.8, 4) is 5.75 Å². The molecule has 2 amide bonds. The van der Waals surface area contributed by atoms with E-state index < -0.39 is 6.10 Å². The number of carbonyl (C=O) groups is 2. The number of phenols is 1. The summed E-state index contributed by atoms with van der Waals surface area (Å²) in [6.07, 6.45) is 2.02. The number of benzene rings is 3. The molecule has 0 aromatic heterocycles. The summed E-state index contributed by atoms with van der Waals surface area (Å²) in [5.74, 6) is -0.129. The molecule has 5 N–H and O–H groups in total. The molecule has 4 rings (SSSR count).